The molecule has 0 saturated carbocycles. The number of hydrogen-bond donors (Lipinski definition) is 4. The summed E-state index contributed by atoms with van der Waals surface area (Å²) in [7, 11) is 0. The van der Waals surface area contributed by atoms with Crippen LogP contribution in [-0.2, 0) is 0 Å². The summed E-state index contributed by atoms with van der Waals surface area (Å²) in [6, 6.07) is 1.65. The molecule has 9 nitrogen and oxygen atoms in total. The van der Waals surface area contributed by atoms with Crippen LogP contribution >= 0.6 is 12.4 Å². The van der Waals surface area contributed by atoms with E-state index >= 15 is 0 Å². The van der Waals surface area contributed by atoms with E-state index in [4.69, 9.17) is 28.2 Å². The zero-order valence-electron chi connectivity index (χ0n) is 8.41. The summed E-state index contributed by atoms with van der Waals surface area (Å²) in [5, 5.41) is 8.63. The maximum absolute atomic E-state index is 11.4. The zero-order valence-corrected chi connectivity index (χ0v) is 9.23. The first-order chi connectivity index (χ1) is 7.45. The predicted octanol–water partition coefficient (Wildman–Crippen LogP) is -1.65. The number of amides is 1. The summed E-state index contributed by atoms with van der Waals surface area (Å²) in [6.45, 7) is 0. The molecule has 1 amide bonds. The highest BCUT2D eigenvalue weighted by atomic mass is 35.5. The van der Waals surface area contributed by atoms with Gasteiger partial charge in [-0.2, -0.15) is 10.3 Å². The van der Waals surface area contributed by atoms with Gasteiger partial charge in [0.2, 0.25) is 0 Å². The van der Waals surface area contributed by atoms with Gasteiger partial charge in [-0.25, -0.2) is 9.97 Å². The van der Waals surface area contributed by atoms with Crippen molar-refractivity contribution in [2.45, 2.75) is 0 Å². The molecule has 8 N–H and O–H groups in total. The molecule has 0 radical (unpaired) electrons. The first kappa shape index (κ1) is 14.4. The molecule has 1 aromatic heterocycles. The van der Waals surface area contributed by atoms with Crippen molar-refractivity contribution >= 4 is 35.9 Å². The topological polar surface area (TPSA) is 183 Å². The molecular weight excluding hydrogens is 248 g/mol. The molecule has 0 aliphatic carbocycles. The standard InChI is InChI=1S/C7H8N8O.ClH/c8-1-2-4(9)14-5(10)3(13-2)6(16)15-7(11)12;/h(H4,9,10,14)(H4,11,12,15,16);1H. The maximum atomic E-state index is 11.4. The Morgan fingerprint density at radius 3 is 2.29 bits per heavy atom. The Bertz CT molecular complexity index is 515. The Morgan fingerprint density at radius 2 is 1.82 bits per heavy atom. The summed E-state index contributed by atoms with van der Waals surface area (Å²) in [5.74, 6) is -1.74. The number of nitriles is 1. The number of carbonyl (C=O) groups is 1. The lowest BCUT2D eigenvalue weighted by Crippen LogP contribution is -2.25. The van der Waals surface area contributed by atoms with E-state index in [9.17, 15) is 4.79 Å². The number of carbonyl (C=O) groups excluding carboxylic acids is 1. The minimum atomic E-state index is -0.888. The fourth-order valence-electron chi connectivity index (χ4n) is 0.872. The van der Waals surface area contributed by atoms with Gasteiger partial charge in [-0.05, 0) is 0 Å². The van der Waals surface area contributed by atoms with E-state index in [1.165, 1.54) is 0 Å². The van der Waals surface area contributed by atoms with Crippen LogP contribution in [0.2, 0.25) is 0 Å². The van der Waals surface area contributed by atoms with Crippen LogP contribution in [-0.4, -0.2) is 21.8 Å². The van der Waals surface area contributed by atoms with E-state index in [2.05, 4.69) is 15.0 Å². The minimum Gasteiger partial charge on any atom is -0.382 e. The molecule has 0 spiro atoms. The van der Waals surface area contributed by atoms with Gasteiger partial charge in [-0.3, -0.25) is 4.79 Å². The number of nitrogens with zero attached hydrogens (tertiary/aromatic N) is 4. The molecule has 1 aromatic rings. The molecule has 0 aliphatic heterocycles. The molecule has 0 unspecified atom stereocenters. The van der Waals surface area contributed by atoms with Crippen molar-refractivity contribution in [1.29, 1.82) is 5.26 Å². The average molecular weight is 257 g/mol. The fraction of sp³-hybridized carbons (Fsp3) is 0. The first-order valence-electron chi connectivity index (χ1n) is 3.92. The summed E-state index contributed by atoms with van der Waals surface area (Å²) in [4.78, 5) is 21.8. The van der Waals surface area contributed by atoms with Crippen molar-refractivity contribution in [3.05, 3.63) is 11.4 Å². The molecule has 0 fully saturated rings. The number of nitrogens with two attached hydrogens (primary N) is 4. The van der Waals surface area contributed by atoms with Gasteiger partial charge in [0.05, 0.1) is 0 Å². The minimum absolute atomic E-state index is 0. The van der Waals surface area contributed by atoms with Crippen molar-refractivity contribution in [3.63, 3.8) is 0 Å². The second kappa shape index (κ2) is 5.47. The SMILES string of the molecule is Cl.N#Cc1nc(C(=O)N=C(N)N)c(N)nc1N. The lowest BCUT2D eigenvalue weighted by atomic mass is 10.3. The van der Waals surface area contributed by atoms with Crippen molar-refractivity contribution in [2.75, 3.05) is 11.5 Å². The quantitative estimate of drug-likeness (QED) is 0.340. The Morgan fingerprint density at radius 1 is 1.24 bits per heavy atom. The molecule has 1 heterocycles. The molecule has 17 heavy (non-hydrogen) atoms. The Balaban J connectivity index is 0.00000256. The molecule has 0 aromatic carbocycles. The van der Waals surface area contributed by atoms with E-state index in [1.54, 1.807) is 6.07 Å². The van der Waals surface area contributed by atoms with Gasteiger partial charge >= 0.3 is 5.91 Å². The van der Waals surface area contributed by atoms with Crippen molar-refractivity contribution < 1.29 is 4.79 Å². The first-order valence-corrected chi connectivity index (χ1v) is 3.92. The molecule has 10 heteroatoms. The highest BCUT2D eigenvalue weighted by Gasteiger charge is 2.16. The van der Waals surface area contributed by atoms with Crippen LogP contribution in [0.15, 0.2) is 4.99 Å². The van der Waals surface area contributed by atoms with E-state index < -0.39 is 11.9 Å². The van der Waals surface area contributed by atoms with Gasteiger partial charge < -0.3 is 22.9 Å². The average Bonchev–Trinajstić information content (AvgIpc) is 2.16. The lowest BCUT2D eigenvalue weighted by molar-refractivity contribution is 0.0998. The van der Waals surface area contributed by atoms with Gasteiger partial charge in [0, 0.05) is 0 Å². The van der Waals surface area contributed by atoms with Crippen LogP contribution in [0.5, 0.6) is 0 Å². The van der Waals surface area contributed by atoms with Crippen molar-refractivity contribution in [2.24, 2.45) is 16.5 Å². The normalized spacial score (nSPS) is 8.65. The zero-order chi connectivity index (χ0) is 12.3. The molecule has 0 aliphatic rings. The molecule has 0 bridgehead atoms. The predicted molar refractivity (Wildman–Crippen MR) is 63.0 cm³/mol. The van der Waals surface area contributed by atoms with Crippen LogP contribution in [0.25, 0.3) is 0 Å². The van der Waals surface area contributed by atoms with Gasteiger partial charge in [0.25, 0.3) is 0 Å². The summed E-state index contributed by atoms with van der Waals surface area (Å²) in [6.07, 6.45) is 0. The van der Waals surface area contributed by atoms with Crippen LogP contribution < -0.4 is 22.9 Å². The van der Waals surface area contributed by atoms with Gasteiger partial charge in [-0.15, -0.1) is 12.4 Å². The molecular formula is C7H9ClN8O. The lowest BCUT2D eigenvalue weighted by Gasteiger charge is -2.02. The summed E-state index contributed by atoms with van der Waals surface area (Å²) < 4.78 is 0. The van der Waals surface area contributed by atoms with Crippen molar-refractivity contribution in [3.8, 4) is 6.07 Å². The molecule has 90 valence electrons. The number of anilines is 2. The second-order valence-corrected chi connectivity index (χ2v) is 2.64. The molecule has 0 saturated heterocycles. The third-order valence-corrected chi connectivity index (χ3v) is 1.49. The fourth-order valence-corrected chi connectivity index (χ4v) is 0.872. The highest BCUT2D eigenvalue weighted by Crippen LogP contribution is 2.12. The third-order valence-electron chi connectivity index (χ3n) is 1.49. The smallest absolute Gasteiger partial charge is 0.302 e. The van der Waals surface area contributed by atoms with E-state index in [0.717, 1.165) is 0 Å². The number of guanidine groups is 1. The molecule has 1 rings (SSSR count). The van der Waals surface area contributed by atoms with E-state index in [1.807, 2.05) is 0 Å². The largest absolute Gasteiger partial charge is 0.382 e. The third kappa shape index (κ3) is 3.18. The summed E-state index contributed by atoms with van der Waals surface area (Å²) >= 11 is 0. The Labute approximate surface area is 102 Å². The number of halogens is 1. The highest BCUT2D eigenvalue weighted by molar-refractivity contribution is 6.03. The van der Waals surface area contributed by atoms with Crippen LogP contribution in [0.4, 0.5) is 11.6 Å². The summed E-state index contributed by atoms with van der Waals surface area (Å²) in [5.41, 5.74) is 20.2. The van der Waals surface area contributed by atoms with Crippen LogP contribution in [0, 0.1) is 11.3 Å². The maximum Gasteiger partial charge on any atom is 0.302 e. The van der Waals surface area contributed by atoms with Crippen molar-refractivity contribution in [1.82, 2.24) is 9.97 Å². The Hall–Kier alpha value is -2.60. The number of rotatable bonds is 1. The van der Waals surface area contributed by atoms with Crippen LogP contribution in [0.1, 0.15) is 16.2 Å². The monoisotopic (exact) mass is 256 g/mol. The van der Waals surface area contributed by atoms with E-state index in [0.29, 0.717) is 0 Å². The Kier molecular flexibility index (Phi) is 4.64. The van der Waals surface area contributed by atoms with E-state index in [-0.39, 0.29) is 35.4 Å². The number of aliphatic imine (C=N–C) groups is 1. The van der Waals surface area contributed by atoms with Crippen LogP contribution in [0.3, 0.4) is 0 Å². The van der Waals surface area contributed by atoms with Gasteiger partial charge in [0.1, 0.15) is 6.07 Å². The molecule has 0 atom stereocenters. The second-order valence-electron chi connectivity index (χ2n) is 2.64. The number of hydrogen-bond acceptors (Lipinski definition) is 6. The van der Waals surface area contributed by atoms with Gasteiger partial charge in [0.15, 0.2) is 29.0 Å². The number of aromatic nitrogens is 2. The van der Waals surface area contributed by atoms with Gasteiger partial charge in [-0.1, -0.05) is 0 Å². The number of nitrogen functional groups attached to an aromatic ring is 2.